The lowest BCUT2D eigenvalue weighted by Crippen LogP contribution is -2.02. The lowest BCUT2D eigenvalue weighted by molar-refractivity contribution is 0.690. The average Bonchev–Trinajstić information content (AvgIpc) is 2.56. The molecule has 0 saturated carbocycles. The van der Waals surface area contributed by atoms with E-state index >= 15 is 0 Å². The highest BCUT2D eigenvalue weighted by Crippen LogP contribution is 2.32. The molecule has 0 radical (unpaired) electrons. The first-order chi connectivity index (χ1) is 9.93. The molecule has 1 aliphatic carbocycles. The van der Waals surface area contributed by atoms with Gasteiger partial charge in [-0.3, -0.25) is 0 Å². The fraction of sp³-hybridized carbons (Fsp3) is 0.200. The molecular formula is C20H20. The van der Waals surface area contributed by atoms with E-state index in [1.54, 1.807) is 11.1 Å². The fourth-order valence-corrected chi connectivity index (χ4v) is 3.34. The molecule has 0 bridgehead atoms. The summed E-state index contributed by atoms with van der Waals surface area (Å²) in [6.45, 7) is 6.00. The van der Waals surface area contributed by atoms with Crippen molar-refractivity contribution in [1.82, 2.24) is 0 Å². The third kappa shape index (κ3) is 2.02. The molecule has 0 N–H and O–H groups in total. The van der Waals surface area contributed by atoms with Crippen LogP contribution in [0.5, 0.6) is 0 Å². The molecule has 0 atom stereocenters. The highest BCUT2D eigenvalue weighted by molar-refractivity contribution is 6.08. The van der Waals surface area contributed by atoms with Crippen LogP contribution in [0.2, 0.25) is 0 Å². The number of rotatable bonds is 0. The fourth-order valence-electron chi connectivity index (χ4n) is 3.34. The second kappa shape index (κ2) is 5.50. The molecule has 0 heterocycles. The predicted molar refractivity (Wildman–Crippen MR) is 89.4 cm³/mol. The van der Waals surface area contributed by atoms with E-state index in [0.717, 1.165) is 0 Å². The standard InChI is InChI=1S/C18H16.C2H4/c1-3-7-15-13(5-1)9-11-18-16-8-4-2-6-14(16)10-12-17(15)18;1-2/h1,3,5,7,9-12H,2,4,6,8H2;1-2H2. The molecule has 0 saturated heterocycles. The van der Waals surface area contributed by atoms with Crippen molar-refractivity contribution in [2.24, 2.45) is 0 Å². The first-order valence-corrected chi connectivity index (χ1v) is 7.36. The number of hydrogen-bond donors (Lipinski definition) is 0. The zero-order valence-corrected chi connectivity index (χ0v) is 11.9. The Labute approximate surface area is 120 Å². The lowest BCUT2D eigenvalue weighted by Gasteiger charge is -2.18. The first-order valence-electron chi connectivity index (χ1n) is 7.36. The van der Waals surface area contributed by atoms with Crippen LogP contribution in [0.1, 0.15) is 24.0 Å². The van der Waals surface area contributed by atoms with Gasteiger partial charge in [-0.15, -0.1) is 13.2 Å². The van der Waals surface area contributed by atoms with Gasteiger partial charge in [0, 0.05) is 0 Å². The summed E-state index contributed by atoms with van der Waals surface area (Å²) in [6.07, 6.45) is 5.22. The van der Waals surface area contributed by atoms with Crippen LogP contribution in [-0.4, -0.2) is 0 Å². The van der Waals surface area contributed by atoms with Gasteiger partial charge in [0.25, 0.3) is 0 Å². The van der Waals surface area contributed by atoms with Gasteiger partial charge < -0.3 is 0 Å². The topological polar surface area (TPSA) is 0 Å². The molecule has 0 aliphatic heterocycles. The molecule has 4 rings (SSSR count). The number of fused-ring (bicyclic) bond motifs is 5. The van der Waals surface area contributed by atoms with Gasteiger partial charge in [-0.25, -0.2) is 0 Å². The molecule has 1 aliphatic rings. The maximum atomic E-state index is 3.00. The van der Waals surface area contributed by atoms with Gasteiger partial charge in [0.1, 0.15) is 0 Å². The molecule has 20 heavy (non-hydrogen) atoms. The quantitative estimate of drug-likeness (QED) is 0.360. The van der Waals surface area contributed by atoms with Gasteiger partial charge in [-0.05, 0) is 58.4 Å². The van der Waals surface area contributed by atoms with E-state index in [0.29, 0.717) is 0 Å². The second-order valence-corrected chi connectivity index (χ2v) is 5.29. The van der Waals surface area contributed by atoms with E-state index in [9.17, 15) is 0 Å². The molecule has 3 aromatic carbocycles. The van der Waals surface area contributed by atoms with Gasteiger partial charge in [-0.1, -0.05) is 48.5 Å². The maximum Gasteiger partial charge on any atom is -0.0102 e. The minimum atomic E-state index is 1.25. The van der Waals surface area contributed by atoms with Crippen molar-refractivity contribution in [1.29, 1.82) is 0 Å². The van der Waals surface area contributed by atoms with E-state index in [-0.39, 0.29) is 0 Å². The van der Waals surface area contributed by atoms with Crippen LogP contribution < -0.4 is 0 Å². The SMILES string of the molecule is C=C.c1ccc2c(c1)ccc1c3c(ccc12)CCCC3. The van der Waals surface area contributed by atoms with Gasteiger partial charge >= 0.3 is 0 Å². The van der Waals surface area contributed by atoms with Crippen LogP contribution in [0.15, 0.2) is 61.7 Å². The molecule has 0 spiro atoms. The molecule has 100 valence electrons. The van der Waals surface area contributed by atoms with Crippen molar-refractivity contribution >= 4 is 21.5 Å². The zero-order valence-electron chi connectivity index (χ0n) is 11.9. The van der Waals surface area contributed by atoms with Crippen molar-refractivity contribution in [2.45, 2.75) is 25.7 Å². The summed E-state index contributed by atoms with van der Waals surface area (Å²) in [4.78, 5) is 0. The van der Waals surface area contributed by atoms with Gasteiger partial charge in [0.05, 0.1) is 0 Å². The molecule has 3 aromatic rings. The summed E-state index contributed by atoms with van der Waals surface area (Å²) in [5.41, 5.74) is 3.17. The maximum absolute atomic E-state index is 3.00. The number of aryl methyl sites for hydroxylation is 2. The van der Waals surface area contributed by atoms with Crippen molar-refractivity contribution in [3.8, 4) is 0 Å². The Balaban J connectivity index is 0.000000581. The highest BCUT2D eigenvalue weighted by atomic mass is 14.2. The van der Waals surface area contributed by atoms with Crippen molar-refractivity contribution in [3.63, 3.8) is 0 Å². The Bertz CT molecular complexity index is 752. The summed E-state index contributed by atoms with van der Waals surface area (Å²) in [6, 6.07) is 18.0. The summed E-state index contributed by atoms with van der Waals surface area (Å²) >= 11 is 0. The summed E-state index contributed by atoms with van der Waals surface area (Å²) in [5, 5.41) is 5.64. The largest absolute Gasteiger partial charge is 0.106 e. The average molecular weight is 260 g/mol. The lowest BCUT2D eigenvalue weighted by atomic mass is 9.86. The minimum Gasteiger partial charge on any atom is -0.106 e. The van der Waals surface area contributed by atoms with Crippen molar-refractivity contribution in [3.05, 3.63) is 72.8 Å². The van der Waals surface area contributed by atoms with Crippen molar-refractivity contribution < 1.29 is 0 Å². The van der Waals surface area contributed by atoms with Crippen LogP contribution in [0.3, 0.4) is 0 Å². The van der Waals surface area contributed by atoms with Crippen LogP contribution in [0.4, 0.5) is 0 Å². The Kier molecular flexibility index (Phi) is 3.56. The molecule has 0 amide bonds. The minimum absolute atomic E-state index is 1.25. The summed E-state index contributed by atoms with van der Waals surface area (Å²) in [5.74, 6) is 0. The second-order valence-electron chi connectivity index (χ2n) is 5.29. The molecule has 0 fully saturated rings. The molecule has 0 aromatic heterocycles. The van der Waals surface area contributed by atoms with Gasteiger partial charge in [-0.2, -0.15) is 0 Å². The summed E-state index contributed by atoms with van der Waals surface area (Å²) < 4.78 is 0. The van der Waals surface area contributed by atoms with E-state index in [1.165, 1.54) is 47.2 Å². The summed E-state index contributed by atoms with van der Waals surface area (Å²) in [7, 11) is 0. The normalized spacial score (nSPS) is 13.6. The monoisotopic (exact) mass is 260 g/mol. The Morgan fingerprint density at radius 2 is 1.40 bits per heavy atom. The Morgan fingerprint density at radius 3 is 2.30 bits per heavy atom. The number of hydrogen-bond acceptors (Lipinski definition) is 0. The van der Waals surface area contributed by atoms with Gasteiger partial charge in [0.15, 0.2) is 0 Å². The molecule has 0 nitrogen and oxygen atoms in total. The van der Waals surface area contributed by atoms with Crippen LogP contribution >= 0.6 is 0 Å². The molecular weight excluding hydrogens is 240 g/mol. The van der Waals surface area contributed by atoms with E-state index < -0.39 is 0 Å². The molecule has 0 heteroatoms. The Morgan fingerprint density at radius 1 is 0.650 bits per heavy atom. The van der Waals surface area contributed by atoms with Crippen molar-refractivity contribution in [2.75, 3.05) is 0 Å². The van der Waals surface area contributed by atoms with Gasteiger partial charge in [0.2, 0.25) is 0 Å². The van der Waals surface area contributed by atoms with E-state index in [1.807, 2.05) is 0 Å². The zero-order chi connectivity index (χ0) is 13.9. The third-order valence-corrected chi connectivity index (χ3v) is 4.26. The molecule has 0 unspecified atom stereocenters. The third-order valence-electron chi connectivity index (χ3n) is 4.26. The van der Waals surface area contributed by atoms with Crippen LogP contribution in [0.25, 0.3) is 21.5 Å². The predicted octanol–water partition coefficient (Wildman–Crippen LogP) is 5.67. The highest BCUT2D eigenvalue weighted by Gasteiger charge is 2.12. The first kappa shape index (κ1) is 12.9. The number of benzene rings is 3. The van der Waals surface area contributed by atoms with Crippen LogP contribution in [-0.2, 0) is 12.8 Å². The van der Waals surface area contributed by atoms with Crippen LogP contribution in [0, 0.1) is 0 Å². The van der Waals surface area contributed by atoms with E-state index in [2.05, 4.69) is 61.7 Å². The Hall–Kier alpha value is -2.08. The van der Waals surface area contributed by atoms with E-state index in [4.69, 9.17) is 0 Å². The smallest absolute Gasteiger partial charge is 0.0102 e.